The lowest BCUT2D eigenvalue weighted by Crippen LogP contribution is -2.28. The average Bonchev–Trinajstić information content (AvgIpc) is 2.80. The third-order valence-corrected chi connectivity index (χ3v) is 2.69. The number of amides is 1. The van der Waals surface area contributed by atoms with E-state index < -0.39 is 11.9 Å². The molecule has 1 aromatic heterocycles. The molecule has 17 heavy (non-hydrogen) atoms. The van der Waals surface area contributed by atoms with Gasteiger partial charge in [-0.1, -0.05) is 0 Å². The molecule has 1 aromatic rings. The third-order valence-electron chi connectivity index (χ3n) is 2.69. The maximum absolute atomic E-state index is 13.1. The highest BCUT2D eigenvalue weighted by Gasteiger charge is 2.16. The first-order valence-electron chi connectivity index (χ1n) is 5.48. The Bertz CT molecular complexity index is 419. The summed E-state index contributed by atoms with van der Waals surface area (Å²) in [6, 6.07) is 1.58. The topological polar surface area (TPSA) is 77.2 Å². The summed E-state index contributed by atoms with van der Waals surface area (Å²) in [5.74, 6) is -1.36. The van der Waals surface area contributed by atoms with Crippen molar-refractivity contribution in [3.05, 3.63) is 23.8 Å². The zero-order valence-electron chi connectivity index (χ0n) is 9.28. The molecule has 6 heteroatoms. The molecule has 0 spiro atoms. The summed E-state index contributed by atoms with van der Waals surface area (Å²) in [4.78, 5) is 14.3. The van der Waals surface area contributed by atoms with Crippen LogP contribution in [0.4, 0.5) is 4.39 Å². The van der Waals surface area contributed by atoms with Crippen molar-refractivity contribution in [3.63, 3.8) is 0 Å². The first kappa shape index (κ1) is 11.8. The van der Waals surface area contributed by atoms with Crippen molar-refractivity contribution < 1.29 is 13.9 Å². The first-order valence-corrected chi connectivity index (χ1v) is 5.48. The van der Waals surface area contributed by atoms with Crippen LogP contribution in [0.25, 0.3) is 0 Å². The lowest BCUT2D eigenvalue weighted by atomic mass is 10.2. The van der Waals surface area contributed by atoms with Gasteiger partial charge in [0, 0.05) is 6.04 Å². The average molecular weight is 239 g/mol. The Morgan fingerprint density at radius 1 is 1.71 bits per heavy atom. The first-order chi connectivity index (χ1) is 8.16. The van der Waals surface area contributed by atoms with Crippen LogP contribution in [0.15, 0.2) is 12.3 Å². The second kappa shape index (κ2) is 5.09. The number of rotatable bonds is 4. The molecule has 0 radical (unpaired) electrons. The molecule has 2 rings (SSSR count). The maximum Gasteiger partial charge on any atom is 0.253 e. The largest absolute Gasteiger partial charge is 0.490 e. The zero-order chi connectivity index (χ0) is 12.3. The van der Waals surface area contributed by atoms with E-state index in [4.69, 9.17) is 10.5 Å². The molecule has 0 saturated carbocycles. The van der Waals surface area contributed by atoms with Crippen molar-refractivity contribution in [2.45, 2.75) is 18.9 Å². The van der Waals surface area contributed by atoms with E-state index >= 15 is 0 Å². The van der Waals surface area contributed by atoms with E-state index in [1.807, 2.05) is 0 Å². The predicted molar refractivity (Wildman–Crippen MR) is 59.2 cm³/mol. The Morgan fingerprint density at radius 3 is 3.18 bits per heavy atom. The number of halogens is 1. The molecule has 0 bridgehead atoms. The van der Waals surface area contributed by atoms with Crippen molar-refractivity contribution >= 4 is 5.91 Å². The molecule has 2 heterocycles. The van der Waals surface area contributed by atoms with Crippen LogP contribution in [0.5, 0.6) is 5.75 Å². The molecule has 92 valence electrons. The van der Waals surface area contributed by atoms with Crippen molar-refractivity contribution in [1.82, 2.24) is 10.3 Å². The fourth-order valence-corrected chi connectivity index (χ4v) is 1.78. The van der Waals surface area contributed by atoms with Crippen LogP contribution < -0.4 is 15.8 Å². The molecular formula is C11H14FN3O2. The Kier molecular flexibility index (Phi) is 3.53. The molecular weight excluding hydrogens is 225 g/mol. The van der Waals surface area contributed by atoms with Crippen LogP contribution in [0, 0.1) is 5.95 Å². The Balaban J connectivity index is 2.00. The van der Waals surface area contributed by atoms with E-state index in [1.165, 1.54) is 12.3 Å². The van der Waals surface area contributed by atoms with Crippen LogP contribution in [0.2, 0.25) is 0 Å². The Hall–Kier alpha value is -1.69. The third kappa shape index (κ3) is 2.91. The number of aromatic nitrogens is 1. The number of nitrogens with two attached hydrogens (primary N) is 1. The second-order valence-electron chi connectivity index (χ2n) is 3.98. The molecule has 5 nitrogen and oxygen atoms in total. The van der Waals surface area contributed by atoms with Crippen molar-refractivity contribution in [2.24, 2.45) is 5.73 Å². The highest BCUT2D eigenvalue weighted by molar-refractivity contribution is 5.93. The maximum atomic E-state index is 13.1. The molecule has 1 amide bonds. The van der Waals surface area contributed by atoms with Crippen LogP contribution in [-0.2, 0) is 0 Å². The van der Waals surface area contributed by atoms with Gasteiger partial charge >= 0.3 is 0 Å². The fourth-order valence-electron chi connectivity index (χ4n) is 1.78. The molecule has 0 unspecified atom stereocenters. The number of ether oxygens (including phenoxy) is 1. The van der Waals surface area contributed by atoms with Gasteiger partial charge in [0.25, 0.3) is 5.91 Å². The second-order valence-corrected chi connectivity index (χ2v) is 3.98. The van der Waals surface area contributed by atoms with Gasteiger partial charge in [-0.2, -0.15) is 4.39 Å². The lowest BCUT2D eigenvalue weighted by molar-refractivity contribution is 0.0995. The van der Waals surface area contributed by atoms with Gasteiger partial charge in [0.05, 0.1) is 11.8 Å². The lowest BCUT2D eigenvalue weighted by Gasteiger charge is -2.12. The van der Waals surface area contributed by atoms with Crippen molar-refractivity contribution in [1.29, 1.82) is 0 Å². The minimum atomic E-state index is -0.871. The summed E-state index contributed by atoms with van der Waals surface area (Å²) >= 11 is 0. The molecule has 0 aromatic carbocycles. The van der Waals surface area contributed by atoms with E-state index in [0.29, 0.717) is 18.4 Å². The number of pyridine rings is 1. The Labute approximate surface area is 98.2 Å². The molecule has 1 aliphatic rings. The SMILES string of the molecule is NC(=O)c1cc(OC[C@H]2CCCN2)cnc1F. The minimum Gasteiger partial charge on any atom is -0.490 e. The van der Waals surface area contributed by atoms with Gasteiger partial charge in [0.1, 0.15) is 12.4 Å². The van der Waals surface area contributed by atoms with Gasteiger partial charge in [-0.15, -0.1) is 0 Å². The van der Waals surface area contributed by atoms with E-state index in [0.717, 1.165) is 19.4 Å². The molecule has 1 aliphatic heterocycles. The number of primary amides is 1. The van der Waals surface area contributed by atoms with Gasteiger partial charge in [-0.3, -0.25) is 4.79 Å². The van der Waals surface area contributed by atoms with Gasteiger partial charge in [-0.25, -0.2) is 4.98 Å². The summed E-state index contributed by atoms with van der Waals surface area (Å²) < 4.78 is 18.5. The van der Waals surface area contributed by atoms with Crippen LogP contribution in [0.1, 0.15) is 23.2 Å². The standard InChI is InChI=1S/C11H14FN3O2/c12-10-9(11(13)16)4-8(5-15-10)17-6-7-2-1-3-14-7/h4-5,7,14H,1-3,6H2,(H2,13,16)/t7-/m1/s1. The number of carbonyl (C=O) groups excluding carboxylic acids is 1. The van der Waals surface area contributed by atoms with E-state index in [1.54, 1.807) is 0 Å². The van der Waals surface area contributed by atoms with Crippen molar-refractivity contribution in [2.75, 3.05) is 13.2 Å². The Morgan fingerprint density at radius 2 is 2.53 bits per heavy atom. The highest BCUT2D eigenvalue weighted by atomic mass is 19.1. The van der Waals surface area contributed by atoms with Crippen LogP contribution in [-0.4, -0.2) is 30.1 Å². The summed E-state index contributed by atoms with van der Waals surface area (Å²) in [7, 11) is 0. The van der Waals surface area contributed by atoms with E-state index in [9.17, 15) is 9.18 Å². The number of hydrogen-bond donors (Lipinski definition) is 2. The molecule has 1 atom stereocenters. The van der Waals surface area contributed by atoms with Gasteiger partial charge in [-0.05, 0) is 25.5 Å². The van der Waals surface area contributed by atoms with E-state index in [-0.39, 0.29) is 5.56 Å². The summed E-state index contributed by atoms with van der Waals surface area (Å²) in [5.41, 5.74) is 4.77. The molecule has 3 N–H and O–H groups in total. The zero-order valence-corrected chi connectivity index (χ0v) is 9.28. The monoisotopic (exact) mass is 239 g/mol. The molecule has 1 saturated heterocycles. The normalized spacial score (nSPS) is 19.2. The molecule has 1 fully saturated rings. The summed E-state index contributed by atoms with van der Waals surface area (Å²) in [6.07, 6.45) is 3.43. The van der Waals surface area contributed by atoms with Crippen LogP contribution in [0.3, 0.4) is 0 Å². The summed E-state index contributed by atoms with van der Waals surface area (Å²) in [5, 5.41) is 3.26. The van der Waals surface area contributed by atoms with Gasteiger partial charge in [0.15, 0.2) is 0 Å². The predicted octanol–water partition coefficient (Wildman–Crippen LogP) is 0.450. The minimum absolute atomic E-state index is 0.248. The van der Waals surface area contributed by atoms with Gasteiger partial charge < -0.3 is 15.8 Å². The van der Waals surface area contributed by atoms with Crippen LogP contribution >= 0.6 is 0 Å². The summed E-state index contributed by atoms with van der Waals surface area (Å²) in [6.45, 7) is 1.47. The van der Waals surface area contributed by atoms with Gasteiger partial charge in [0.2, 0.25) is 5.95 Å². The molecule has 0 aliphatic carbocycles. The number of hydrogen-bond acceptors (Lipinski definition) is 4. The number of nitrogens with zero attached hydrogens (tertiary/aromatic N) is 1. The van der Waals surface area contributed by atoms with E-state index in [2.05, 4.69) is 10.3 Å². The number of carbonyl (C=O) groups is 1. The smallest absolute Gasteiger partial charge is 0.253 e. The fraction of sp³-hybridized carbons (Fsp3) is 0.455. The number of nitrogens with one attached hydrogen (secondary N) is 1. The highest BCUT2D eigenvalue weighted by Crippen LogP contribution is 2.15. The quantitative estimate of drug-likeness (QED) is 0.748. The van der Waals surface area contributed by atoms with Crippen molar-refractivity contribution in [3.8, 4) is 5.75 Å².